The fraction of sp³-hybridized carbons (Fsp3) is 0.167. The number of hydrogen-bond acceptors (Lipinski definition) is 3. The number of aromatic nitrogens is 1. The minimum Gasteiger partial charge on any atom is -0.478 e. The van der Waals surface area contributed by atoms with E-state index in [9.17, 15) is 4.79 Å². The van der Waals surface area contributed by atoms with Crippen LogP contribution in [0.4, 0.5) is 0 Å². The van der Waals surface area contributed by atoms with E-state index in [1.807, 2.05) is 54.0 Å². The zero-order chi connectivity index (χ0) is 15.3. The van der Waals surface area contributed by atoms with Crippen LogP contribution in [0.1, 0.15) is 11.1 Å². The molecule has 4 rings (SSSR count). The summed E-state index contributed by atoms with van der Waals surface area (Å²) in [6.07, 6.45) is 0.659. The van der Waals surface area contributed by atoms with Crippen molar-refractivity contribution in [2.24, 2.45) is 0 Å². The maximum Gasteiger partial charge on any atom is 0.206 e. The van der Waals surface area contributed by atoms with Gasteiger partial charge in [-0.25, -0.2) is 0 Å². The van der Waals surface area contributed by atoms with Crippen LogP contribution in [0.25, 0.3) is 16.6 Å². The fourth-order valence-corrected chi connectivity index (χ4v) is 3.30. The van der Waals surface area contributed by atoms with Crippen molar-refractivity contribution in [3.63, 3.8) is 0 Å². The lowest BCUT2D eigenvalue weighted by Crippen LogP contribution is -2.13. The van der Waals surface area contributed by atoms with Crippen LogP contribution >= 0.6 is 12.6 Å². The molecule has 0 saturated carbocycles. The van der Waals surface area contributed by atoms with Gasteiger partial charge in [0.1, 0.15) is 0 Å². The first-order valence-corrected chi connectivity index (χ1v) is 7.71. The Morgan fingerprint density at radius 1 is 1.14 bits per heavy atom. The highest BCUT2D eigenvalue weighted by Crippen LogP contribution is 2.34. The summed E-state index contributed by atoms with van der Waals surface area (Å²) < 4.78 is 7.82. The molecular weight excluding hydrogens is 294 g/mol. The smallest absolute Gasteiger partial charge is 0.206 e. The largest absolute Gasteiger partial charge is 0.478 e. The number of para-hydroxylation sites is 1. The Hall–Kier alpha value is -2.20. The highest BCUT2D eigenvalue weighted by atomic mass is 32.1. The van der Waals surface area contributed by atoms with E-state index in [1.165, 1.54) is 0 Å². The molecule has 110 valence electrons. The summed E-state index contributed by atoms with van der Waals surface area (Å²) in [5, 5.41) is 0.723. The van der Waals surface area contributed by atoms with Gasteiger partial charge in [0.2, 0.25) is 5.88 Å². The van der Waals surface area contributed by atoms with Crippen LogP contribution in [-0.4, -0.2) is 11.2 Å². The zero-order valence-corrected chi connectivity index (χ0v) is 13.1. The average molecular weight is 309 g/mol. The second-order valence-electron chi connectivity index (χ2n) is 5.51. The van der Waals surface area contributed by atoms with Crippen molar-refractivity contribution in [3.05, 3.63) is 63.8 Å². The first-order chi connectivity index (χ1) is 10.7. The van der Waals surface area contributed by atoms with E-state index in [0.29, 0.717) is 18.9 Å². The molecule has 0 spiro atoms. The first kappa shape index (κ1) is 13.5. The molecule has 0 unspecified atom stereocenters. The number of thiol groups is 1. The van der Waals surface area contributed by atoms with Crippen LogP contribution in [0, 0.1) is 6.92 Å². The van der Waals surface area contributed by atoms with E-state index >= 15 is 0 Å². The molecule has 0 saturated heterocycles. The van der Waals surface area contributed by atoms with Gasteiger partial charge >= 0.3 is 0 Å². The Morgan fingerprint density at radius 3 is 2.82 bits per heavy atom. The molecule has 0 amide bonds. The molecule has 2 heterocycles. The average Bonchev–Trinajstić information content (AvgIpc) is 3.01. The van der Waals surface area contributed by atoms with Gasteiger partial charge in [0.25, 0.3) is 0 Å². The number of benzene rings is 2. The second-order valence-corrected chi connectivity index (χ2v) is 5.95. The number of aryl methyl sites for hydroxylation is 1. The SMILES string of the molecule is Cc1cccc(-n2c3c(c(=O)c4ccccc42)CCO3)c1S. The third-order valence-corrected chi connectivity index (χ3v) is 4.75. The van der Waals surface area contributed by atoms with Crippen LogP contribution in [0.15, 0.2) is 52.2 Å². The first-order valence-electron chi connectivity index (χ1n) is 7.27. The molecule has 0 bridgehead atoms. The Balaban J connectivity index is 2.21. The van der Waals surface area contributed by atoms with Gasteiger partial charge < -0.3 is 4.74 Å². The molecule has 3 aromatic rings. The van der Waals surface area contributed by atoms with Crippen molar-refractivity contribution >= 4 is 23.5 Å². The molecule has 0 N–H and O–H groups in total. The summed E-state index contributed by atoms with van der Waals surface area (Å²) in [5.74, 6) is 0.657. The molecule has 0 radical (unpaired) electrons. The van der Waals surface area contributed by atoms with Crippen molar-refractivity contribution in [2.75, 3.05) is 6.61 Å². The Morgan fingerprint density at radius 2 is 1.95 bits per heavy atom. The number of fused-ring (bicyclic) bond motifs is 2. The van der Waals surface area contributed by atoms with Gasteiger partial charge in [0, 0.05) is 16.7 Å². The lowest BCUT2D eigenvalue weighted by Gasteiger charge is -2.18. The number of nitrogens with zero attached hydrogens (tertiary/aromatic N) is 1. The molecule has 2 aromatic carbocycles. The lowest BCUT2D eigenvalue weighted by atomic mass is 10.1. The van der Waals surface area contributed by atoms with Crippen molar-refractivity contribution in [2.45, 2.75) is 18.2 Å². The third kappa shape index (κ3) is 1.80. The van der Waals surface area contributed by atoms with Crippen LogP contribution in [0.2, 0.25) is 0 Å². The van der Waals surface area contributed by atoms with E-state index in [2.05, 4.69) is 12.6 Å². The standard InChI is InChI=1S/C18H15NO2S/c1-11-5-4-8-15(17(11)22)19-14-7-3-2-6-12(14)16(20)13-9-10-21-18(13)19/h2-8,22H,9-10H2,1H3. The predicted octanol–water partition coefficient (Wildman–Crippen LogP) is 3.52. The Kier molecular flexibility index (Phi) is 3.01. The molecule has 0 aliphatic carbocycles. The molecule has 1 aromatic heterocycles. The molecule has 1 aliphatic rings. The summed E-state index contributed by atoms with van der Waals surface area (Å²) in [7, 11) is 0. The minimum atomic E-state index is 0.0766. The summed E-state index contributed by atoms with van der Waals surface area (Å²) in [6, 6.07) is 13.7. The summed E-state index contributed by atoms with van der Waals surface area (Å²) >= 11 is 4.66. The van der Waals surface area contributed by atoms with Crippen LogP contribution in [0.3, 0.4) is 0 Å². The quantitative estimate of drug-likeness (QED) is 0.697. The van der Waals surface area contributed by atoms with Gasteiger partial charge in [-0.1, -0.05) is 24.3 Å². The number of hydrogen-bond donors (Lipinski definition) is 1. The van der Waals surface area contributed by atoms with Crippen molar-refractivity contribution in [3.8, 4) is 11.6 Å². The summed E-state index contributed by atoms with van der Waals surface area (Å²) in [4.78, 5) is 13.5. The van der Waals surface area contributed by atoms with Gasteiger partial charge in [-0.15, -0.1) is 12.6 Å². The van der Waals surface area contributed by atoms with E-state index in [0.717, 1.165) is 32.6 Å². The van der Waals surface area contributed by atoms with Crippen molar-refractivity contribution < 1.29 is 4.74 Å². The van der Waals surface area contributed by atoms with Gasteiger partial charge in [-0.05, 0) is 30.7 Å². The highest BCUT2D eigenvalue weighted by molar-refractivity contribution is 7.80. The van der Waals surface area contributed by atoms with Gasteiger partial charge in [0.15, 0.2) is 5.43 Å². The van der Waals surface area contributed by atoms with Crippen LogP contribution in [0.5, 0.6) is 5.88 Å². The molecule has 0 atom stereocenters. The van der Waals surface area contributed by atoms with E-state index in [-0.39, 0.29) is 5.43 Å². The van der Waals surface area contributed by atoms with Crippen molar-refractivity contribution in [1.29, 1.82) is 0 Å². The molecule has 1 aliphatic heterocycles. The maximum absolute atomic E-state index is 12.6. The van der Waals surface area contributed by atoms with E-state index < -0.39 is 0 Å². The van der Waals surface area contributed by atoms with Gasteiger partial charge in [0.05, 0.1) is 23.4 Å². The van der Waals surface area contributed by atoms with Crippen molar-refractivity contribution in [1.82, 2.24) is 4.57 Å². The Labute approximate surface area is 133 Å². The molecule has 3 nitrogen and oxygen atoms in total. The molecule has 22 heavy (non-hydrogen) atoms. The normalized spacial score (nSPS) is 13.2. The fourth-order valence-electron chi connectivity index (χ4n) is 3.05. The Bertz CT molecular complexity index is 959. The maximum atomic E-state index is 12.6. The lowest BCUT2D eigenvalue weighted by molar-refractivity contribution is 0.338. The molecular formula is C18H15NO2S. The number of pyridine rings is 1. The third-order valence-electron chi connectivity index (χ3n) is 4.17. The highest BCUT2D eigenvalue weighted by Gasteiger charge is 2.24. The number of ether oxygens (including phenoxy) is 1. The van der Waals surface area contributed by atoms with E-state index in [1.54, 1.807) is 0 Å². The van der Waals surface area contributed by atoms with Crippen LogP contribution in [-0.2, 0) is 6.42 Å². The predicted molar refractivity (Wildman–Crippen MR) is 90.7 cm³/mol. The van der Waals surface area contributed by atoms with Gasteiger partial charge in [-0.2, -0.15) is 0 Å². The number of rotatable bonds is 1. The minimum absolute atomic E-state index is 0.0766. The summed E-state index contributed by atoms with van der Waals surface area (Å²) in [5.41, 5.74) is 3.72. The van der Waals surface area contributed by atoms with E-state index in [4.69, 9.17) is 4.74 Å². The monoisotopic (exact) mass is 309 g/mol. The summed E-state index contributed by atoms with van der Waals surface area (Å²) in [6.45, 7) is 2.58. The topological polar surface area (TPSA) is 31.2 Å². The molecule has 4 heteroatoms. The van der Waals surface area contributed by atoms with Crippen LogP contribution < -0.4 is 10.2 Å². The molecule has 0 fully saturated rings. The zero-order valence-electron chi connectivity index (χ0n) is 12.2. The second kappa shape index (κ2) is 4.92. The van der Waals surface area contributed by atoms with Gasteiger partial charge in [-0.3, -0.25) is 9.36 Å².